The molecule has 0 aliphatic rings. The van der Waals surface area contributed by atoms with Crippen molar-refractivity contribution in [1.82, 2.24) is 5.32 Å². The third-order valence-corrected chi connectivity index (χ3v) is 17.0. The number of carbonyl (C=O) groups excluding carboxylic acids is 2. The van der Waals surface area contributed by atoms with Crippen LogP contribution >= 0.6 is 0 Å². The Balaban J connectivity index is 3.45. The fourth-order valence-electron chi connectivity index (χ4n) is 11.3. The van der Waals surface area contributed by atoms with Crippen LogP contribution in [0.15, 0.2) is 60.8 Å². The highest BCUT2D eigenvalue weighted by Crippen LogP contribution is 2.18. The van der Waals surface area contributed by atoms with Gasteiger partial charge in [-0.25, -0.2) is 0 Å². The van der Waals surface area contributed by atoms with Gasteiger partial charge in [-0.1, -0.05) is 344 Å². The molecule has 0 aliphatic heterocycles. The molecule has 0 saturated heterocycles. The summed E-state index contributed by atoms with van der Waals surface area (Å²) in [5.41, 5.74) is 0. The molecular formula is C77H143NO5. The van der Waals surface area contributed by atoms with Crippen LogP contribution in [0.3, 0.4) is 0 Å². The number of esters is 1. The zero-order chi connectivity index (χ0) is 59.9. The minimum absolute atomic E-state index is 0.00256. The lowest BCUT2D eigenvalue weighted by molar-refractivity contribution is -0.143. The van der Waals surface area contributed by atoms with Gasteiger partial charge in [0.05, 0.1) is 25.4 Å². The molecule has 0 aromatic heterocycles. The molecule has 0 radical (unpaired) electrons. The van der Waals surface area contributed by atoms with Crippen LogP contribution in [0.4, 0.5) is 0 Å². The number of amides is 1. The first kappa shape index (κ1) is 80.6. The van der Waals surface area contributed by atoms with Gasteiger partial charge in [-0.3, -0.25) is 9.59 Å². The van der Waals surface area contributed by atoms with Crippen molar-refractivity contribution in [2.45, 2.75) is 405 Å². The molecule has 0 aliphatic carbocycles. The largest absolute Gasteiger partial charge is 0.466 e. The number of ether oxygens (including phenoxy) is 1. The Labute approximate surface area is 518 Å². The predicted octanol–water partition coefficient (Wildman–Crippen LogP) is 24.2. The SMILES string of the molecule is CCCCC/C=C\C/C=C\CCCCCCCCCC(=O)OCCCCCCCCCCC/C=C\C/C=C\CCCCCCCCCCCCCC(=O)NC(CO)C(O)/C=C/CCCCCCCCCCCCCCCCCCCCCC. The number of allylic oxidation sites excluding steroid dienone is 9. The summed E-state index contributed by atoms with van der Waals surface area (Å²) in [5, 5.41) is 23.3. The Hall–Kier alpha value is -2.44. The Morgan fingerprint density at radius 2 is 0.602 bits per heavy atom. The molecule has 3 N–H and O–H groups in total. The molecule has 0 rings (SSSR count). The van der Waals surface area contributed by atoms with Gasteiger partial charge in [0.25, 0.3) is 0 Å². The van der Waals surface area contributed by atoms with Gasteiger partial charge in [0.15, 0.2) is 0 Å². The van der Waals surface area contributed by atoms with E-state index in [1.165, 1.54) is 308 Å². The van der Waals surface area contributed by atoms with Gasteiger partial charge in [0, 0.05) is 12.8 Å². The van der Waals surface area contributed by atoms with E-state index in [0.717, 1.165) is 57.8 Å². The van der Waals surface area contributed by atoms with Crippen molar-refractivity contribution in [2.75, 3.05) is 13.2 Å². The Morgan fingerprint density at radius 3 is 0.940 bits per heavy atom. The van der Waals surface area contributed by atoms with Crippen molar-refractivity contribution >= 4 is 11.9 Å². The molecule has 6 nitrogen and oxygen atoms in total. The molecule has 1 amide bonds. The molecule has 2 atom stereocenters. The lowest BCUT2D eigenvalue weighted by Crippen LogP contribution is -2.45. The predicted molar refractivity (Wildman–Crippen MR) is 365 cm³/mol. The minimum Gasteiger partial charge on any atom is -0.466 e. The average Bonchev–Trinajstić information content (AvgIpc) is 3.49. The van der Waals surface area contributed by atoms with Gasteiger partial charge in [-0.2, -0.15) is 0 Å². The number of aliphatic hydroxyl groups excluding tert-OH is 2. The summed E-state index contributed by atoms with van der Waals surface area (Å²) in [5.74, 6) is -0.0655. The third-order valence-electron chi connectivity index (χ3n) is 17.0. The van der Waals surface area contributed by atoms with E-state index in [-0.39, 0.29) is 18.5 Å². The maximum absolute atomic E-state index is 12.5. The van der Waals surface area contributed by atoms with Crippen LogP contribution in [0.5, 0.6) is 0 Å². The molecule has 0 bridgehead atoms. The molecule has 83 heavy (non-hydrogen) atoms. The molecule has 0 aromatic carbocycles. The zero-order valence-corrected chi connectivity index (χ0v) is 55.7. The lowest BCUT2D eigenvalue weighted by Gasteiger charge is -2.20. The Morgan fingerprint density at radius 1 is 0.337 bits per heavy atom. The van der Waals surface area contributed by atoms with E-state index in [1.807, 2.05) is 6.08 Å². The van der Waals surface area contributed by atoms with Gasteiger partial charge in [0.2, 0.25) is 5.91 Å². The summed E-state index contributed by atoms with van der Waals surface area (Å²) >= 11 is 0. The molecule has 2 unspecified atom stereocenters. The van der Waals surface area contributed by atoms with Gasteiger partial charge in [0.1, 0.15) is 0 Å². The van der Waals surface area contributed by atoms with Gasteiger partial charge < -0.3 is 20.3 Å². The van der Waals surface area contributed by atoms with E-state index >= 15 is 0 Å². The second kappa shape index (κ2) is 72.0. The molecule has 0 saturated carbocycles. The number of hydrogen-bond donors (Lipinski definition) is 3. The smallest absolute Gasteiger partial charge is 0.305 e. The highest BCUT2D eigenvalue weighted by molar-refractivity contribution is 5.76. The van der Waals surface area contributed by atoms with Crippen LogP contribution in [-0.2, 0) is 14.3 Å². The Kier molecular flexibility index (Phi) is 69.9. The van der Waals surface area contributed by atoms with E-state index in [1.54, 1.807) is 6.08 Å². The maximum Gasteiger partial charge on any atom is 0.305 e. The number of nitrogens with one attached hydrogen (secondary N) is 1. The number of aliphatic hydroxyl groups is 2. The van der Waals surface area contributed by atoms with Crippen molar-refractivity contribution in [1.29, 1.82) is 0 Å². The second-order valence-corrected chi connectivity index (χ2v) is 25.3. The maximum atomic E-state index is 12.5. The summed E-state index contributed by atoms with van der Waals surface area (Å²) in [6, 6.07) is -0.633. The Bertz CT molecular complexity index is 1430. The molecule has 0 fully saturated rings. The number of hydrogen-bond acceptors (Lipinski definition) is 5. The summed E-state index contributed by atoms with van der Waals surface area (Å²) in [6.07, 6.45) is 95.9. The van der Waals surface area contributed by atoms with Gasteiger partial charge >= 0.3 is 5.97 Å². The molecule has 486 valence electrons. The summed E-state index contributed by atoms with van der Waals surface area (Å²) in [7, 11) is 0. The van der Waals surface area contributed by atoms with E-state index in [4.69, 9.17) is 4.74 Å². The number of rotatable bonds is 69. The highest BCUT2D eigenvalue weighted by atomic mass is 16.5. The number of carbonyl (C=O) groups is 2. The van der Waals surface area contributed by atoms with Crippen LogP contribution < -0.4 is 5.32 Å². The first-order valence-electron chi connectivity index (χ1n) is 37.1. The molecule has 0 heterocycles. The van der Waals surface area contributed by atoms with Crippen molar-refractivity contribution in [3.63, 3.8) is 0 Å². The van der Waals surface area contributed by atoms with Crippen LogP contribution in [0.25, 0.3) is 0 Å². The van der Waals surface area contributed by atoms with E-state index in [9.17, 15) is 19.8 Å². The molecule has 0 spiro atoms. The first-order chi connectivity index (χ1) is 41.0. The monoisotopic (exact) mass is 1160 g/mol. The molecule has 0 aromatic rings. The van der Waals surface area contributed by atoms with Crippen molar-refractivity contribution in [3.05, 3.63) is 60.8 Å². The molecular weight excluding hydrogens is 1020 g/mol. The van der Waals surface area contributed by atoms with Crippen molar-refractivity contribution < 1.29 is 24.5 Å². The highest BCUT2D eigenvalue weighted by Gasteiger charge is 2.18. The topological polar surface area (TPSA) is 95.9 Å². The fraction of sp³-hybridized carbons (Fsp3) is 0.844. The van der Waals surface area contributed by atoms with Gasteiger partial charge in [-0.05, 0) is 96.3 Å². The summed E-state index contributed by atoms with van der Waals surface area (Å²) < 4.78 is 5.49. The van der Waals surface area contributed by atoms with Crippen molar-refractivity contribution in [3.8, 4) is 0 Å². The van der Waals surface area contributed by atoms with E-state index < -0.39 is 12.1 Å². The zero-order valence-electron chi connectivity index (χ0n) is 55.7. The summed E-state index contributed by atoms with van der Waals surface area (Å²) in [6.45, 7) is 4.90. The van der Waals surface area contributed by atoms with Crippen LogP contribution in [0, 0.1) is 0 Å². The lowest BCUT2D eigenvalue weighted by atomic mass is 10.0. The first-order valence-corrected chi connectivity index (χ1v) is 37.1. The second-order valence-electron chi connectivity index (χ2n) is 25.3. The fourth-order valence-corrected chi connectivity index (χ4v) is 11.3. The van der Waals surface area contributed by atoms with Crippen LogP contribution in [0.2, 0.25) is 0 Å². The standard InChI is InChI=1S/C77H143NO5/c1-3-5-7-9-11-13-15-17-19-21-22-23-31-34-38-41-45-49-53-57-61-65-69-75(80)74(73-79)78-76(81)70-66-62-58-54-50-46-42-39-35-32-29-27-25-24-26-28-30-33-36-40-44-48-52-56-60-64-68-72-83-77(82)71-67-63-59-55-51-47-43-37-20-18-16-14-12-10-8-6-4-2/h12,14,18,20,24-25,28,30,65,69,74-75,79-80H,3-11,13,15-17,19,21-23,26-27,29,31-64,66-68,70-73H2,1-2H3,(H,78,81)/b14-12-,20-18-,25-24-,30-28-,69-65+. The number of unbranched alkanes of at least 4 members (excludes halogenated alkanes) is 50. The summed E-state index contributed by atoms with van der Waals surface area (Å²) in [4.78, 5) is 24.6. The van der Waals surface area contributed by atoms with Gasteiger partial charge in [-0.15, -0.1) is 0 Å². The van der Waals surface area contributed by atoms with Crippen molar-refractivity contribution in [2.24, 2.45) is 0 Å². The van der Waals surface area contributed by atoms with Crippen LogP contribution in [0.1, 0.15) is 393 Å². The van der Waals surface area contributed by atoms with E-state index in [2.05, 4.69) is 67.8 Å². The molecule has 6 heteroatoms. The average molecular weight is 1160 g/mol. The van der Waals surface area contributed by atoms with Crippen LogP contribution in [-0.4, -0.2) is 47.4 Å². The van der Waals surface area contributed by atoms with E-state index in [0.29, 0.717) is 19.4 Å². The third kappa shape index (κ3) is 68.5. The minimum atomic E-state index is -0.849. The normalized spacial score (nSPS) is 12.9. The quantitative estimate of drug-likeness (QED) is 0.0320.